The van der Waals surface area contributed by atoms with Gasteiger partial charge in [-0.05, 0) is 38.3 Å². The van der Waals surface area contributed by atoms with Crippen molar-refractivity contribution in [1.29, 1.82) is 0 Å². The van der Waals surface area contributed by atoms with E-state index in [0.29, 0.717) is 0 Å². The minimum absolute atomic E-state index is 0. The Bertz CT molecular complexity index is 267. The molecule has 0 aliphatic rings. The average Bonchev–Trinajstić information content (AvgIpc) is 2.62. The van der Waals surface area contributed by atoms with Crippen molar-refractivity contribution in [3.8, 4) is 0 Å². The topological polar surface area (TPSA) is 29.3 Å². The van der Waals surface area contributed by atoms with E-state index in [2.05, 4.69) is 43.2 Å². The van der Waals surface area contributed by atoms with Crippen molar-refractivity contribution in [2.75, 3.05) is 19.6 Å². The molecule has 0 aromatic carbocycles. The van der Waals surface area contributed by atoms with Crippen molar-refractivity contribution in [1.82, 2.24) is 4.90 Å². The van der Waals surface area contributed by atoms with Crippen LogP contribution in [0.2, 0.25) is 0 Å². The smallest absolute Gasteiger partial charge is 0.0226 e. The number of hydrogen-bond acceptors (Lipinski definition) is 3. The summed E-state index contributed by atoms with van der Waals surface area (Å²) in [6, 6.07) is 4.31. The largest absolute Gasteiger partial charge is 0.324 e. The molecule has 0 saturated heterocycles. The van der Waals surface area contributed by atoms with E-state index in [1.165, 1.54) is 4.88 Å². The zero-order valence-electron chi connectivity index (χ0n) is 10.4. The van der Waals surface area contributed by atoms with Gasteiger partial charge in [-0.2, -0.15) is 0 Å². The lowest BCUT2D eigenvalue weighted by molar-refractivity contribution is 0.239. The van der Waals surface area contributed by atoms with Crippen LogP contribution in [-0.4, -0.2) is 30.1 Å². The van der Waals surface area contributed by atoms with Gasteiger partial charge in [-0.1, -0.05) is 13.0 Å². The summed E-state index contributed by atoms with van der Waals surface area (Å²) in [6.45, 7) is 9.51. The van der Waals surface area contributed by atoms with Crippen LogP contribution in [0, 0.1) is 0 Å². The molecule has 1 heterocycles. The van der Waals surface area contributed by atoms with Gasteiger partial charge in [0, 0.05) is 23.5 Å². The van der Waals surface area contributed by atoms with Gasteiger partial charge >= 0.3 is 0 Å². The van der Waals surface area contributed by atoms with Crippen LogP contribution < -0.4 is 5.73 Å². The minimum atomic E-state index is -0.0918. The van der Waals surface area contributed by atoms with Gasteiger partial charge in [0.2, 0.25) is 0 Å². The predicted molar refractivity (Wildman–Crippen MR) is 75.7 cm³/mol. The monoisotopic (exact) mass is 262 g/mol. The van der Waals surface area contributed by atoms with E-state index in [1.807, 2.05) is 11.3 Å². The normalized spacial score (nSPS) is 11.6. The summed E-state index contributed by atoms with van der Waals surface area (Å²) in [6.07, 6.45) is 1.14. The summed E-state index contributed by atoms with van der Waals surface area (Å²) in [7, 11) is 0. The predicted octanol–water partition coefficient (Wildman–Crippen LogP) is 2.77. The van der Waals surface area contributed by atoms with Gasteiger partial charge in [0.05, 0.1) is 0 Å². The summed E-state index contributed by atoms with van der Waals surface area (Å²) < 4.78 is 0. The molecule has 0 aliphatic carbocycles. The fraction of sp³-hybridized carbons (Fsp3) is 0.667. The molecule has 2 N–H and O–H groups in total. The Kier molecular flexibility index (Phi) is 7.24. The minimum Gasteiger partial charge on any atom is -0.324 e. The lowest BCUT2D eigenvalue weighted by atomic mass is 10.1. The first-order valence-corrected chi connectivity index (χ1v) is 6.43. The third-order valence-corrected chi connectivity index (χ3v) is 3.27. The highest BCUT2D eigenvalue weighted by molar-refractivity contribution is 7.09. The van der Waals surface area contributed by atoms with Crippen LogP contribution in [0.15, 0.2) is 17.5 Å². The molecular weight excluding hydrogens is 240 g/mol. The molecule has 0 saturated carbocycles. The Hall–Kier alpha value is -0.0900. The molecule has 16 heavy (non-hydrogen) atoms. The maximum atomic E-state index is 6.02. The second-order valence-corrected chi connectivity index (χ2v) is 5.72. The molecule has 1 aromatic heterocycles. The first kappa shape index (κ1) is 15.9. The second-order valence-electron chi connectivity index (χ2n) is 4.69. The molecule has 1 rings (SSSR count). The van der Waals surface area contributed by atoms with Crippen molar-refractivity contribution >= 4 is 23.7 Å². The second kappa shape index (κ2) is 7.28. The molecule has 1 aromatic rings. The van der Waals surface area contributed by atoms with Gasteiger partial charge in [-0.3, -0.25) is 0 Å². The summed E-state index contributed by atoms with van der Waals surface area (Å²) in [4.78, 5) is 3.88. The standard InChI is InChI=1S/C12H22N2S.ClH/c1-4-14(10-12(2,3)13)8-7-11-6-5-9-15-11;/h5-6,9H,4,7-8,10,13H2,1-3H3;1H. The van der Waals surface area contributed by atoms with Crippen LogP contribution in [0.4, 0.5) is 0 Å². The highest BCUT2D eigenvalue weighted by Crippen LogP contribution is 2.10. The van der Waals surface area contributed by atoms with Gasteiger partial charge in [-0.25, -0.2) is 0 Å². The number of hydrogen-bond donors (Lipinski definition) is 1. The van der Waals surface area contributed by atoms with Gasteiger partial charge in [0.1, 0.15) is 0 Å². The SMILES string of the molecule is CCN(CCc1cccs1)CC(C)(C)N.Cl. The number of nitrogens with zero attached hydrogens (tertiary/aromatic N) is 1. The number of rotatable bonds is 6. The van der Waals surface area contributed by atoms with Gasteiger partial charge in [0.25, 0.3) is 0 Å². The lowest BCUT2D eigenvalue weighted by Crippen LogP contribution is -2.45. The number of thiophene rings is 1. The van der Waals surface area contributed by atoms with Crippen LogP contribution in [0.5, 0.6) is 0 Å². The molecule has 0 bridgehead atoms. The summed E-state index contributed by atoms with van der Waals surface area (Å²) in [5.74, 6) is 0. The fourth-order valence-corrected chi connectivity index (χ4v) is 2.35. The van der Waals surface area contributed by atoms with Crippen LogP contribution in [0.3, 0.4) is 0 Å². The van der Waals surface area contributed by atoms with Gasteiger partial charge < -0.3 is 10.6 Å². The third-order valence-electron chi connectivity index (χ3n) is 2.33. The Morgan fingerprint density at radius 2 is 2.12 bits per heavy atom. The van der Waals surface area contributed by atoms with Crippen molar-refractivity contribution in [3.63, 3.8) is 0 Å². The molecule has 0 fully saturated rings. The van der Waals surface area contributed by atoms with E-state index in [0.717, 1.165) is 26.1 Å². The number of halogens is 1. The molecular formula is C12H23ClN2S. The van der Waals surface area contributed by atoms with Crippen molar-refractivity contribution in [3.05, 3.63) is 22.4 Å². The number of likely N-dealkylation sites (N-methyl/N-ethyl adjacent to an activating group) is 1. The first-order chi connectivity index (χ1) is 7.01. The first-order valence-electron chi connectivity index (χ1n) is 5.55. The maximum Gasteiger partial charge on any atom is 0.0226 e. The highest BCUT2D eigenvalue weighted by atomic mass is 35.5. The summed E-state index contributed by atoms with van der Waals surface area (Å²) >= 11 is 1.84. The Balaban J connectivity index is 0.00000225. The Morgan fingerprint density at radius 1 is 1.44 bits per heavy atom. The van der Waals surface area contributed by atoms with Crippen molar-refractivity contribution < 1.29 is 0 Å². The molecule has 94 valence electrons. The molecule has 0 unspecified atom stereocenters. The molecule has 2 nitrogen and oxygen atoms in total. The zero-order valence-corrected chi connectivity index (χ0v) is 12.0. The highest BCUT2D eigenvalue weighted by Gasteiger charge is 2.15. The molecule has 4 heteroatoms. The average molecular weight is 263 g/mol. The van der Waals surface area contributed by atoms with E-state index in [1.54, 1.807) is 0 Å². The number of nitrogens with two attached hydrogens (primary N) is 1. The zero-order chi connectivity index (χ0) is 11.3. The van der Waals surface area contributed by atoms with E-state index in [9.17, 15) is 0 Å². The fourth-order valence-electron chi connectivity index (χ4n) is 1.65. The van der Waals surface area contributed by atoms with Gasteiger partial charge in [-0.15, -0.1) is 23.7 Å². The van der Waals surface area contributed by atoms with Crippen LogP contribution in [0.25, 0.3) is 0 Å². The van der Waals surface area contributed by atoms with Gasteiger partial charge in [0.15, 0.2) is 0 Å². The van der Waals surface area contributed by atoms with Crippen LogP contribution >= 0.6 is 23.7 Å². The molecule has 0 aliphatic heterocycles. The Labute approximate surface area is 109 Å². The van der Waals surface area contributed by atoms with Crippen molar-refractivity contribution in [2.24, 2.45) is 5.73 Å². The van der Waals surface area contributed by atoms with Crippen molar-refractivity contribution in [2.45, 2.75) is 32.7 Å². The quantitative estimate of drug-likeness (QED) is 0.854. The van der Waals surface area contributed by atoms with Crippen LogP contribution in [-0.2, 0) is 6.42 Å². The Morgan fingerprint density at radius 3 is 2.56 bits per heavy atom. The summed E-state index contributed by atoms with van der Waals surface area (Å²) in [5, 5.41) is 2.14. The molecule has 0 radical (unpaired) electrons. The maximum absolute atomic E-state index is 6.02. The van der Waals surface area contributed by atoms with E-state index in [4.69, 9.17) is 5.73 Å². The van der Waals surface area contributed by atoms with Crippen LogP contribution in [0.1, 0.15) is 25.6 Å². The summed E-state index contributed by atoms with van der Waals surface area (Å²) in [5.41, 5.74) is 5.93. The molecule has 0 amide bonds. The van der Waals surface area contributed by atoms with E-state index < -0.39 is 0 Å². The van der Waals surface area contributed by atoms with E-state index in [-0.39, 0.29) is 17.9 Å². The molecule has 0 atom stereocenters. The lowest BCUT2D eigenvalue weighted by Gasteiger charge is -2.28. The van der Waals surface area contributed by atoms with E-state index >= 15 is 0 Å². The third kappa shape index (κ3) is 6.48. The molecule has 0 spiro atoms.